The minimum absolute atomic E-state index is 0.0480. The first-order valence-electron chi connectivity index (χ1n) is 12.5. The molecule has 0 unspecified atom stereocenters. The van der Waals surface area contributed by atoms with Crippen molar-refractivity contribution in [3.63, 3.8) is 0 Å². The number of pyridine rings is 3. The van der Waals surface area contributed by atoms with Crippen molar-refractivity contribution in [3.8, 4) is 22.8 Å². The first-order valence-corrected chi connectivity index (χ1v) is 12.5. The molecule has 5 aromatic rings. The number of hydrogen-bond donors (Lipinski definition) is 3. The zero-order valence-corrected chi connectivity index (χ0v) is 22.3. The van der Waals surface area contributed by atoms with Gasteiger partial charge in [-0.3, -0.25) is 24.9 Å². The number of carbonyl (C=O) groups excluding carboxylic acids is 1. The van der Waals surface area contributed by atoms with Gasteiger partial charge in [0.15, 0.2) is 11.5 Å². The van der Waals surface area contributed by atoms with E-state index in [1.54, 1.807) is 24.8 Å². The molecular formula is C29H29N9O. The van der Waals surface area contributed by atoms with Gasteiger partial charge in [-0.15, -0.1) is 0 Å². The number of carbonyl (C=O) groups is 1. The maximum absolute atomic E-state index is 12.4. The van der Waals surface area contributed by atoms with Gasteiger partial charge in [0.1, 0.15) is 11.0 Å². The van der Waals surface area contributed by atoms with E-state index < -0.39 is 0 Å². The van der Waals surface area contributed by atoms with Crippen molar-refractivity contribution in [1.29, 1.82) is 0 Å². The molecule has 5 heterocycles. The lowest BCUT2D eigenvalue weighted by molar-refractivity contribution is -0.122. The van der Waals surface area contributed by atoms with Gasteiger partial charge in [-0.05, 0) is 55.5 Å². The van der Waals surface area contributed by atoms with E-state index >= 15 is 0 Å². The molecule has 5 aromatic heterocycles. The Labute approximate surface area is 225 Å². The molecule has 5 rings (SSSR count). The largest absolute Gasteiger partial charge is 0.336 e. The second kappa shape index (κ2) is 10.4. The fourth-order valence-electron chi connectivity index (χ4n) is 4.28. The molecular weight excluding hydrogens is 490 g/mol. The maximum atomic E-state index is 12.4. The fourth-order valence-corrected chi connectivity index (χ4v) is 4.28. The van der Waals surface area contributed by atoms with Crippen LogP contribution in [0.5, 0.6) is 0 Å². The number of nitrogens with one attached hydrogen (secondary N) is 3. The molecule has 0 aliphatic heterocycles. The molecule has 0 bridgehead atoms. The SMILES string of the molecule is C=N/C=C(\C=C(/C)NC(=O)CC(C)(C)C)c1ccc2[nH]nc(-c3nc4c(-c5ccncc5)nccc4[nH]3)c2n1. The van der Waals surface area contributed by atoms with E-state index in [9.17, 15) is 4.79 Å². The Morgan fingerprint density at radius 2 is 1.79 bits per heavy atom. The Balaban J connectivity index is 1.52. The monoisotopic (exact) mass is 519 g/mol. The van der Waals surface area contributed by atoms with Crippen LogP contribution in [-0.2, 0) is 4.79 Å². The number of aliphatic imine (C=N–C) groups is 1. The highest BCUT2D eigenvalue weighted by atomic mass is 16.1. The van der Waals surface area contributed by atoms with Crippen molar-refractivity contribution < 1.29 is 4.79 Å². The third-order valence-corrected chi connectivity index (χ3v) is 5.91. The molecule has 0 radical (unpaired) electrons. The molecule has 39 heavy (non-hydrogen) atoms. The number of allylic oxidation sites excluding steroid dienone is 3. The Hall–Kier alpha value is -4.99. The van der Waals surface area contributed by atoms with Crippen molar-refractivity contribution in [2.75, 3.05) is 0 Å². The average Bonchev–Trinajstić information content (AvgIpc) is 3.51. The summed E-state index contributed by atoms with van der Waals surface area (Å²) in [6.07, 6.45) is 9.05. The molecule has 10 nitrogen and oxygen atoms in total. The van der Waals surface area contributed by atoms with Crippen LogP contribution in [-0.4, -0.2) is 47.7 Å². The number of aromatic nitrogens is 7. The smallest absolute Gasteiger partial charge is 0.224 e. The van der Waals surface area contributed by atoms with Crippen LogP contribution >= 0.6 is 0 Å². The van der Waals surface area contributed by atoms with E-state index in [-0.39, 0.29) is 11.3 Å². The molecule has 3 N–H and O–H groups in total. The molecule has 0 aromatic carbocycles. The Bertz CT molecular complexity index is 1740. The summed E-state index contributed by atoms with van der Waals surface area (Å²) in [6, 6.07) is 9.44. The molecule has 0 saturated heterocycles. The summed E-state index contributed by atoms with van der Waals surface area (Å²) in [7, 11) is 0. The van der Waals surface area contributed by atoms with Gasteiger partial charge in [-0.25, -0.2) is 9.97 Å². The van der Waals surface area contributed by atoms with E-state index in [0.717, 1.165) is 27.8 Å². The average molecular weight is 520 g/mol. The molecule has 0 fully saturated rings. The van der Waals surface area contributed by atoms with Gasteiger partial charge in [0.05, 0.1) is 22.4 Å². The number of aromatic amines is 2. The number of hydrogen-bond acceptors (Lipinski definition) is 7. The number of amides is 1. The van der Waals surface area contributed by atoms with Gasteiger partial charge in [0.2, 0.25) is 5.91 Å². The van der Waals surface area contributed by atoms with Crippen LogP contribution in [0.1, 0.15) is 39.8 Å². The molecule has 0 saturated carbocycles. The molecule has 10 heteroatoms. The highest BCUT2D eigenvalue weighted by molar-refractivity contribution is 5.95. The lowest BCUT2D eigenvalue weighted by Gasteiger charge is -2.17. The summed E-state index contributed by atoms with van der Waals surface area (Å²) in [4.78, 5) is 38.1. The minimum Gasteiger partial charge on any atom is -0.336 e. The molecule has 0 atom stereocenters. The van der Waals surface area contributed by atoms with E-state index in [0.29, 0.717) is 40.4 Å². The second-order valence-corrected chi connectivity index (χ2v) is 10.4. The quantitative estimate of drug-likeness (QED) is 0.193. The second-order valence-electron chi connectivity index (χ2n) is 10.4. The summed E-state index contributed by atoms with van der Waals surface area (Å²) >= 11 is 0. The van der Waals surface area contributed by atoms with Gasteiger partial charge in [0, 0.05) is 48.0 Å². The standard InChI is InChI=1S/C29H29N9O/c1-17(33-23(39)15-29(2,3)4)14-19(16-30-5)20-6-7-22-26(34-20)27(38-37-22)28-35-21-10-13-32-24(25(21)36-28)18-8-11-31-12-9-18/h6-14,16H,5,15H2,1-4H3,(H,33,39)(H,35,36)(H,37,38)/b17-14+,19-16+. The van der Waals surface area contributed by atoms with Crippen molar-refractivity contribution in [3.05, 3.63) is 72.6 Å². The van der Waals surface area contributed by atoms with Crippen LogP contribution in [0.3, 0.4) is 0 Å². The van der Waals surface area contributed by atoms with Crippen LogP contribution in [0.4, 0.5) is 0 Å². The van der Waals surface area contributed by atoms with Gasteiger partial charge in [-0.2, -0.15) is 5.10 Å². The third kappa shape index (κ3) is 5.64. The van der Waals surface area contributed by atoms with Crippen molar-refractivity contribution >= 4 is 40.3 Å². The van der Waals surface area contributed by atoms with Gasteiger partial charge >= 0.3 is 0 Å². The van der Waals surface area contributed by atoms with Crippen molar-refractivity contribution in [2.45, 2.75) is 34.1 Å². The van der Waals surface area contributed by atoms with Crippen molar-refractivity contribution in [1.82, 2.24) is 40.4 Å². The molecule has 0 spiro atoms. The number of fused-ring (bicyclic) bond motifs is 2. The summed E-state index contributed by atoms with van der Waals surface area (Å²) in [5.41, 5.74) is 7.13. The topological polar surface area (TPSA) is 137 Å². The predicted molar refractivity (Wildman–Crippen MR) is 154 cm³/mol. The van der Waals surface area contributed by atoms with Gasteiger partial charge in [0.25, 0.3) is 0 Å². The van der Waals surface area contributed by atoms with E-state index in [1.807, 2.05) is 64.1 Å². The predicted octanol–water partition coefficient (Wildman–Crippen LogP) is 5.46. The number of nitrogens with zero attached hydrogens (tertiary/aromatic N) is 6. The van der Waals surface area contributed by atoms with Crippen LogP contribution in [0.25, 0.3) is 50.4 Å². The first kappa shape index (κ1) is 25.7. The normalized spacial score (nSPS) is 12.7. The van der Waals surface area contributed by atoms with Crippen LogP contribution in [0.15, 0.2) is 71.9 Å². The van der Waals surface area contributed by atoms with E-state index in [4.69, 9.17) is 9.97 Å². The van der Waals surface area contributed by atoms with Crippen molar-refractivity contribution in [2.24, 2.45) is 10.4 Å². The Morgan fingerprint density at radius 3 is 2.54 bits per heavy atom. The Kier molecular flexibility index (Phi) is 6.84. The molecule has 1 amide bonds. The first-order chi connectivity index (χ1) is 18.7. The third-order valence-electron chi connectivity index (χ3n) is 5.91. The summed E-state index contributed by atoms with van der Waals surface area (Å²) in [6.45, 7) is 11.5. The summed E-state index contributed by atoms with van der Waals surface area (Å²) < 4.78 is 0. The number of imidazole rings is 1. The van der Waals surface area contributed by atoms with E-state index in [2.05, 4.69) is 42.2 Å². The Morgan fingerprint density at radius 1 is 1.03 bits per heavy atom. The summed E-state index contributed by atoms with van der Waals surface area (Å²) in [5, 5.41) is 10.5. The van der Waals surface area contributed by atoms with Gasteiger partial charge < -0.3 is 10.3 Å². The lowest BCUT2D eigenvalue weighted by Crippen LogP contribution is -2.26. The number of H-pyrrole nitrogens is 2. The van der Waals surface area contributed by atoms with Gasteiger partial charge in [-0.1, -0.05) is 20.8 Å². The minimum atomic E-state index is -0.109. The lowest BCUT2D eigenvalue weighted by atomic mass is 9.92. The van der Waals surface area contributed by atoms with Crippen LogP contribution in [0.2, 0.25) is 0 Å². The molecule has 0 aliphatic carbocycles. The fraction of sp³-hybridized carbons (Fsp3) is 0.207. The number of rotatable bonds is 7. The highest BCUT2D eigenvalue weighted by Crippen LogP contribution is 2.30. The van der Waals surface area contributed by atoms with Crippen LogP contribution < -0.4 is 5.32 Å². The summed E-state index contributed by atoms with van der Waals surface area (Å²) in [5.74, 6) is 0.519. The molecule has 196 valence electrons. The zero-order valence-electron chi connectivity index (χ0n) is 22.3. The zero-order chi connectivity index (χ0) is 27.6. The van der Waals surface area contributed by atoms with Crippen LogP contribution in [0, 0.1) is 5.41 Å². The van der Waals surface area contributed by atoms with E-state index in [1.165, 1.54) is 0 Å². The molecule has 0 aliphatic rings. The highest BCUT2D eigenvalue weighted by Gasteiger charge is 2.18. The maximum Gasteiger partial charge on any atom is 0.224 e.